The number of rotatable bonds is 5. The monoisotopic (exact) mass is 331 g/mol. The van der Waals surface area contributed by atoms with E-state index in [4.69, 9.17) is 18.0 Å². The summed E-state index contributed by atoms with van der Waals surface area (Å²) in [4.78, 5) is 6.67. The van der Waals surface area contributed by atoms with E-state index in [1.165, 1.54) is 4.31 Å². The van der Waals surface area contributed by atoms with Gasteiger partial charge < -0.3 is 10.3 Å². The molecule has 0 amide bonds. The summed E-state index contributed by atoms with van der Waals surface area (Å²) in [5.74, 6) is 0.711. The fourth-order valence-electron chi connectivity index (χ4n) is 2.40. The van der Waals surface area contributed by atoms with E-state index in [2.05, 4.69) is 9.88 Å². The standard InChI is InChI=1S/C12H21N5O2S2/c1-3-16-9-12(14-10(16)2)21(18,19)17-6-4-15(5-7-17)8-11(13)20/h9H,3-8H2,1-2H3,(H2,13,20). The maximum atomic E-state index is 12.6. The lowest BCUT2D eigenvalue weighted by Crippen LogP contribution is -2.50. The molecular formula is C12H21N5O2S2. The molecule has 7 nitrogen and oxygen atoms in total. The number of thiocarbonyl (C=S) groups is 1. The molecule has 1 aliphatic heterocycles. The molecule has 2 rings (SSSR count). The zero-order valence-corrected chi connectivity index (χ0v) is 14.0. The summed E-state index contributed by atoms with van der Waals surface area (Å²) in [6.45, 7) is 7.13. The highest BCUT2D eigenvalue weighted by Gasteiger charge is 2.30. The number of hydrogen-bond donors (Lipinski definition) is 1. The van der Waals surface area contributed by atoms with Gasteiger partial charge in [0, 0.05) is 45.5 Å². The van der Waals surface area contributed by atoms with Gasteiger partial charge in [-0.25, -0.2) is 13.4 Å². The van der Waals surface area contributed by atoms with Crippen LogP contribution in [-0.2, 0) is 16.6 Å². The van der Waals surface area contributed by atoms with Gasteiger partial charge in [0.1, 0.15) is 5.82 Å². The molecule has 0 aliphatic carbocycles. The van der Waals surface area contributed by atoms with Crippen LogP contribution in [0.2, 0.25) is 0 Å². The number of hydrogen-bond acceptors (Lipinski definition) is 5. The van der Waals surface area contributed by atoms with Crippen molar-refractivity contribution in [2.45, 2.75) is 25.4 Å². The maximum Gasteiger partial charge on any atom is 0.262 e. The summed E-state index contributed by atoms with van der Waals surface area (Å²) in [6.07, 6.45) is 1.60. The van der Waals surface area contributed by atoms with Crippen molar-refractivity contribution in [3.63, 3.8) is 0 Å². The van der Waals surface area contributed by atoms with Crippen molar-refractivity contribution in [3.8, 4) is 0 Å². The molecule has 9 heteroatoms. The Morgan fingerprint density at radius 3 is 2.48 bits per heavy atom. The largest absolute Gasteiger partial charge is 0.392 e. The SMILES string of the molecule is CCn1cc(S(=O)(=O)N2CCN(CC(N)=S)CC2)nc1C. The van der Waals surface area contributed by atoms with E-state index in [0.717, 1.165) is 0 Å². The van der Waals surface area contributed by atoms with E-state index >= 15 is 0 Å². The summed E-state index contributed by atoms with van der Waals surface area (Å²) in [5, 5.41) is 0.129. The molecule has 0 radical (unpaired) electrons. The number of imidazole rings is 1. The number of sulfonamides is 1. The number of piperazine rings is 1. The van der Waals surface area contributed by atoms with Crippen LogP contribution in [0, 0.1) is 6.92 Å². The van der Waals surface area contributed by atoms with Crippen LogP contribution in [0.1, 0.15) is 12.7 Å². The highest BCUT2D eigenvalue weighted by atomic mass is 32.2. The molecule has 118 valence electrons. The number of nitrogens with zero attached hydrogens (tertiary/aromatic N) is 4. The van der Waals surface area contributed by atoms with Crippen molar-refractivity contribution in [1.82, 2.24) is 18.8 Å². The van der Waals surface area contributed by atoms with Crippen molar-refractivity contribution >= 4 is 27.2 Å². The van der Waals surface area contributed by atoms with E-state index < -0.39 is 10.0 Å². The molecule has 0 atom stereocenters. The van der Waals surface area contributed by atoms with Crippen LogP contribution >= 0.6 is 12.2 Å². The molecule has 1 aliphatic rings. The van der Waals surface area contributed by atoms with Gasteiger partial charge in [-0.05, 0) is 13.8 Å². The minimum absolute atomic E-state index is 0.129. The maximum absolute atomic E-state index is 12.6. The summed E-state index contributed by atoms with van der Waals surface area (Å²) < 4.78 is 28.5. The average molecular weight is 331 g/mol. The van der Waals surface area contributed by atoms with Gasteiger partial charge in [-0.2, -0.15) is 4.31 Å². The molecule has 2 N–H and O–H groups in total. The number of aromatic nitrogens is 2. The van der Waals surface area contributed by atoms with Crippen LogP contribution in [0.5, 0.6) is 0 Å². The van der Waals surface area contributed by atoms with E-state index in [1.54, 1.807) is 6.20 Å². The van der Waals surface area contributed by atoms with Crippen molar-refractivity contribution in [1.29, 1.82) is 0 Å². The fourth-order valence-corrected chi connectivity index (χ4v) is 4.00. The smallest absolute Gasteiger partial charge is 0.262 e. The Kier molecular flexibility index (Phi) is 4.97. The molecule has 0 saturated carbocycles. The van der Waals surface area contributed by atoms with Gasteiger partial charge in [0.05, 0.1) is 4.99 Å². The molecule has 1 saturated heterocycles. The molecule has 21 heavy (non-hydrogen) atoms. The molecule has 1 aromatic heterocycles. The second-order valence-corrected chi connectivity index (χ2v) is 7.47. The van der Waals surface area contributed by atoms with Crippen LogP contribution in [0.4, 0.5) is 0 Å². The first-order valence-corrected chi connectivity index (χ1v) is 8.74. The van der Waals surface area contributed by atoms with Crippen LogP contribution < -0.4 is 5.73 Å². The molecule has 0 aromatic carbocycles. The van der Waals surface area contributed by atoms with Crippen molar-refractivity contribution in [2.75, 3.05) is 32.7 Å². The Bertz CT molecular complexity index is 618. The van der Waals surface area contributed by atoms with Gasteiger partial charge in [0.25, 0.3) is 10.0 Å². The Labute approximate surface area is 130 Å². The summed E-state index contributed by atoms with van der Waals surface area (Å²) in [5.41, 5.74) is 5.51. The minimum Gasteiger partial charge on any atom is -0.392 e. The van der Waals surface area contributed by atoms with Crippen molar-refractivity contribution in [2.24, 2.45) is 5.73 Å². The average Bonchev–Trinajstić information content (AvgIpc) is 2.80. The van der Waals surface area contributed by atoms with E-state index in [0.29, 0.717) is 50.1 Å². The van der Waals surface area contributed by atoms with E-state index in [9.17, 15) is 8.42 Å². The predicted octanol–water partition coefficient (Wildman–Crippen LogP) is -0.196. The van der Waals surface area contributed by atoms with Gasteiger partial charge in [-0.3, -0.25) is 4.90 Å². The van der Waals surface area contributed by atoms with Gasteiger partial charge in [-0.15, -0.1) is 0 Å². The normalized spacial score (nSPS) is 18.0. The third-order valence-corrected chi connectivity index (χ3v) is 5.51. The summed E-state index contributed by atoms with van der Waals surface area (Å²) in [6, 6.07) is 0. The summed E-state index contributed by atoms with van der Waals surface area (Å²) in [7, 11) is -3.52. The molecule has 0 unspecified atom stereocenters. The van der Waals surface area contributed by atoms with Crippen molar-refractivity contribution in [3.05, 3.63) is 12.0 Å². The lowest BCUT2D eigenvalue weighted by Gasteiger charge is -2.33. The Morgan fingerprint density at radius 1 is 1.38 bits per heavy atom. The molecule has 2 heterocycles. The fraction of sp³-hybridized carbons (Fsp3) is 0.667. The van der Waals surface area contributed by atoms with Crippen molar-refractivity contribution < 1.29 is 8.42 Å². The molecule has 1 aromatic rings. The van der Waals surface area contributed by atoms with Crippen LogP contribution in [0.25, 0.3) is 0 Å². The molecule has 1 fully saturated rings. The molecule has 0 spiro atoms. The second-order valence-electron chi connectivity index (χ2n) is 5.06. The van der Waals surface area contributed by atoms with Crippen LogP contribution in [-0.4, -0.2) is 64.9 Å². The topological polar surface area (TPSA) is 84.5 Å². The number of aryl methyl sites for hydroxylation is 2. The lowest BCUT2D eigenvalue weighted by molar-refractivity contribution is 0.209. The lowest BCUT2D eigenvalue weighted by atomic mass is 10.3. The first kappa shape index (κ1) is 16.3. The highest BCUT2D eigenvalue weighted by molar-refractivity contribution is 7.89. The Hall–Kier alpha value is -1.03. The zero-order chi connectivity index (χ0) is 15.6. The number of nitrogens with two attached hydrogens (primary N) is 1. The summed E-state index contributed by atoms with van der Waals surface area (Å²) >= 11 is 4.88. The van der Waals surface area contributed by atoms with E-state index in [1.807, 2.05) is 18.4 Å². The molecule has 0 bridgehead atoms. The quantitative estimate of drug-likeness (QED) is 0.753. The second kappa shape index (κ2) is 6.39. The van der Waals surface area contributed by atoms with Crippen LogP contribution in [0.15, 0.2) is 11.2 Å². The highest BCUT2D eigenvalue weighted by Crippen LogP contribution is 2.17. The molecular weight excluding hydrogens is 310 g/mol. The minimum atomic E-state index is -3.52. The zero-order valence-electron chi connectivity index (χ0n) is 12.3. The Balaban J connectivity index is 2.09. The van der Waals surface area contributed by atoms with Gasteiger partial charge in [0.15, 0.2) is 5.03 Å². The first-order valence-electron chi connectivity index (χ1n) is 6.89. The third kappa shape index (κ3) is 3.60. The van der Waals surface area contributed by atoms with Gasteiger partial charge >= 0.3 is 0 Å². The first-order chi connectivity index (χ1) is 9.84. The van der Waals surface area contributed by atoms with Gasteiger partial charge in [-0.1, -0.05) is 12.2 Å². The Morgan fingerprint density at radius 2 is 2.00 bits per heavy atom. The van der Waals surface area contributed by atoms with Gasteiger partial charge in [0.2, 0.25) is 0 Å². The third-order valence-electron chi connectivity index (χ3n) is 3.61. The van der Waals surface area contributed by atoms with Crippen LogP contribution in [0.3, 0.4) is 0 Å². The van der Waals surface area contributed by atoms with E-state index in [-0.39, 0.29) is 5.03 Å². The predicted molar refractivity (Wildman–Crippen MR) is 84.6 cm³/mol.